The van der Waals surface area contributed by atoms with Gasteiger partial charge in [0.25, 0.3) is 5.91 Å². The molecule has 0 aliphatic rings. The Morgan fingerprint density at radius 3 is 2.21 bits per heavy atom. The number of carbonyl (C=O) groups is 2. The number of carbonyl (C=O) groups excluding carboxylic acids is 2. The summed E-state index contributed by atoms with van der Waals surface area (Å²) in [6.45, 7) is 1.17. The number of aromatic hydroxyl groups is 2. The number of amides is 1. The molecule has 0 bridgehead atoms. The lowest BCUT2D eigenvalue weighted by molar-refractivity contribution is -0.126. The van der Waals surface area contributed by atoms with Gasteiger partial charge >= 0.3 is 0 Å². The van der Waals surface area contributed by atoms with E-state index in [-0.39, 0.29) is 16.5 Å². The number of anilines is 1. The molecule has 0 radical (unpaired) electrons. The van der Waals surface area contributed by atoms with Crippen molar-refractivity contribution in [2.24, 2.45) is 25.6 Å². The van der Waals surface area contributed by atoms with Crippen molar-refractivity contribution in [3.05, 3.63) is 72.8 Å². The van der Waals surface area contributed by atoms with Crippen LogP contribution in [0.1, 0.15) is 6.92 Å². The summed E-state index contributed by atoms with van der Waals surface area (Å²) in [5, 5.41) is 44.2. The lowest BCUT2D eigenvalue weighted by Crippen LogP contribution is -2.31. The van der Waals surface area contributed by atoms with Crippen LogP contribution in [0, 0.1) is 0 Å². The van der Waals surface area contributed by atoms with Gasteiger partial charge in [0, 0.05) is 11.1 Å². The maximum atomic E-state index is 12.6. The minimum Gasteiger partial charge on any atom is -0.506 e. The fraction of sp³-hybridized carbons (Fsp3) is 0.0769. The molecule has 4 aromatic rings. The summed E-state index contributed by atoms with van der Waals surface area (Å²) in [6.07, 6.45) is 0. The average molecular weight is 629 g/mol. The third-order valence-electron chi connectivity index (χ3n) is 5.83. The second-order valence-corrected chi connectivity index (χ2v) is 12.0. The van der Waals surface area contributed by atoms with Crippen LogP contribution in [-0.4, -0.2) is 50.0 Å². The van der Waals surface area contributed by atoms with Gasteiger partial charge in [-0.1, -0.05) is 24.3 Å². The lowest BCUT2D eigenvalue weighted by atomic mass is 10.1. The van der Waals surface area contributed by atoms with Crippen LogP contribution in [0.15, 0.2) is 103 Å². The molecule has 1 unspecified atom stereocenters. The molecular weight excluding hydrogens is 604 g/mol. The maximum Gasteiger partial charge on any atom is 0.258 e. The smallest absolute Gasteiger partial charge is 0.258 e. The summed E-state index contributed by atoms with van der Waals surface area (Å²) in [5.41, 5.74) is -0.515. The summed E-state index contributed by atoms with van der Waals surface area (Å²) in [7, 11) is -8.67. The Morgan fingerprint density at radius 2 is 1.58 bits per heavy atom. The monoisotopic (exact) mass is 628 g/mol. The lowest BCUT2D eigenvalue weighted by Gasteiger charge is -2.22. The normalized spacial score (nSPS) is 13.4. The Kier molecular flexibility index (Phi) is 8.85. The van der Waals surface area contributed by atoms with Crippen LogP contribution in [0.5, 0.6) is 11.5 Å². The number of hydrogen-bond acceptors (Lipinski definition) is 13. The zero-order valence-electron chi connectivity index (χ0n) is 22.1. The van der Waals surface area contributed by atoms with Crippen molar-refractivity contribution in [3.63, 3.8) is 0 Å². The number of nitrogens with one attached hydrogen (secondary N) is 1. The van der Waals surface area contributed by atoms with E-state index in [0.717, 1.165) is 24.3 Å². The van der Waals surface area contributed by atoms with Gasteiger partial charge in [-0.3, -0.25) is 9.59 Å². The highest BCUT2D eigenvalue weighted by atomic mass is 32.3. The number of phenols is 2. The fourth-order valence-corrected chi connectivity index (χ4v) is 4.95. The minimum absolute atomic E-state index is 0.00780. The first-order chi connectivity index (χ1) is 20.1. The number of benzene rings is 4. The van der Waals surface area contributed by atoms with Crippen LogP contribution in [0.2, 0.25) is 0 Å². The zero-order chi connectivity index (χ0) is 31.5. The Bertz CT molecular complexity index is 1890. The predicted molar refractivity (Wildman–Crippen MR) is 157 cm³/mol. The molecule has 1 atom stereocenters. The highest BCUT2D eigenvalue weighted by Crippen LogP contribution is 2.54. The topological polar surface area (TPSA) is 257 Å². The van der Waals surface area contributed by atoms with Gasteiger partial charge in [0.2, 0.25) is 16.1 Å². The SMILES string of the molecule is CC(=O)C(N=Nc1ccc2cc(S(O)(O)O)c(N=Nc3cc(S(N)(=O)=O)ccc3O)c(O)c2c1)C(=O)Nc1ccccc1. The standard InChI is InChI=1S/C26H24N6O9S2/c1-14(33)23(26(36)28-16-5-3-2-4-6-16)31-29-17-8-7-15-11-22(43(39,40)41)24(25(35)19(15)12-17)32-30-20-13-18(42(27,37)38)9-10-21(20)34/h2-13,23,34-35,39-41H,1H3,(H,28,36)(H2,27,37,38). The largest absolute Gasteiger partial charge is 0.506 e. The van der Waals surface area contributed by atoms with E-state index in [2.05, 4.69) is 25.8 Å². The molecule has 43 heavy (non-hydrogen) atoms. The van der Waals surface area contributed by atoms with E-state index in [1.54, 1.807) is 30.3 Å². The van der Waals surface area contributed by atoms with Crippen LogP contribution in [0.4, 0.5) is 22.7 Å². The molecule has 15 nitrogen and oxygen atoms in total. The number of hydrogen-bond donors (Lipinski definition) is 7. The third-order valence-corrected chi connectivity index (χ3v) is 7.64. The highest BCUT2D eigenvalue weighted by molar-refractivity contribution is 8.19. The summed E-state index contributed by atoms with van der Waals surface area (Å²) in [4.78, 5) is 23.7. The summed E-state index contributed by atoms with van der Waals surface area (Å²) in [5.74, 6) is -2.54. The first-order valence-electron chi connectivity index (χ1n) is 12.0. The van der Waals surface area contributed by atoms with Gasteiger partial charge in [0.15, 0.2) is 11.5 Å². The quantitative estimate of drug-likeness (QED) is 0.0900. The van der Waals surface area contributed by atoms with Crippen molar-refractivity contribution in [1.29, 1.82) is 0 Å². The summed E-state index contributed by atoms with van der Waals surface area (Å²) < 4.78 is 53.3. The Balaban J connectivity index is 1.74. The van der Waals surface area contributed by atoms with Crippen molar-refractivity contribution in [3.8, 4) is 11.5 Å². The number of para-hydroxylation sites is 1. The molecule has 0 aliphatic heterocycles. The molecule has 0 heterocycles. The fourth-order valence-electron chi connectivity index (χ4n) is 3.74. The highest BCUT2D eigenvalue weighted by Gasteiger charge is 2.26. The van der Waals surface area contributed by atoms with Crippen LogP contribution in [0.3, 0.4) is 0 Å². The number of fused-ring (bicyclic) bond motifs is 1. The Morgan fingerprint density at radius 1 is 0.884 bits per heavy atom. The van der Waals surface area contributed by atoms with Crippen LogP contribution in [-0.2, 0) is 19.6 Å². The number of nitrogens with zero attached hydrogens (tertiary/aromatic N) is 4. The summed E-state index contributed by atoms with van der Waals surface area (Å²) >= 11 is 0. The van der Waals surface area contributed by atoms with Gasteiger partial charge in [-0.15, -0.1) is 10.2 Å². The zero-order valence-corrected chi connectivity index (χ0v) is 23.7. The first kappa shape index (κ1) is 31.2. The second-order valence-electron chi connectivity index (χ2n) is 8.98. The maximum absolute atomic E-state index is 12.6. The van der Waals surface area contributed by atoms with Gasteiger partial charge in [-0.05, 0) is 60.8 Å². The van der Waals surface area contributed by atoms with Crippen molar-refractivity contribution in [2.75, 3.05) is 5.32 Å². The summed E-state index contributed by atoms with van der Waals surface area (Å²) in [6, 6.07) is 15.0. The van der Waals surface area contributed by atoms with Crippen molar-refractivity contribution in [1.82, 2.24) is 0 Å². The van der Waals surface area contributed by atoms with Crippen LogP contribution in [0.25, 0.3) is 10.8 Å². The van der Waals surface area contributed by atoms with Crippen molar-refractivity contribution in [2.45, 2.75) is 22.8 Å². The van der Waals surface area contributed by atoms with E-state index in [4.69, 9.17) is 5.14 Å². The molecule has 4 aromatic carbocycles. The number of rotatable bonds is 9. The molecule has 0 saturated carbocycles. The van der Waals surface area contributed by atoms with Crippen LogP contribution >= 0.6 is 10.9 Å². The Hall–Kier alpha value is -4.78. The molecule has 0 saturated heterocycles. The molecular formula is C26H24N6O9S2. The number of ketones is 1. The van der Waals surface area contributed by atoms with E-state index >= 15 is 0 Å². The molecule has 0 fully saturated rings. The molecule has 0 aliphatic carbocycles. The number of primary sulfonamides is 1. The van der Waals surface area contributed by atoms with E-state index in [1.807, 2.05) is 0 Å². The number of azo groups is 2. The molecule has 8 N–H and O–H groups in total. The average Bonchev–Trinajstić information content (AvgIpc) is 2.92. The number of Topliss-reactive ketones (excluding diaryl/α,β-unsaturated/α-hetero) is 1. The third kappa shape index (κ3) is 7.36. The number of phenolic OH excluding ortho intramolecular Hbond substituents is 2. The van der Waals surface area contributed by atoms with Crippen molar-refractivity contribution >= 4 is 66.1 Å². The van der Waals surface area contributed by atoms with Gasteiger partial charge in [0.05, 0.1) is 15.5 Å². The molecule has 17 heteroatoms. The molecule has 224 valence electrons. The molecule has 0 spiro atoms. The van der Waals surface area contributed by atoms with E-state index in [1.165, 1.54) is 25.1 Å². The Labute approximate surface area is 245 Å². The van der Waals surface area contributed by atoms with Gasteiger partial charge in [0.1, 0.15) is 28.0 Å². The second kappa shape index (κ2) is 12.2. The van der Waals surface area contributed by atoms with Crippen molar-refractivity contribution < 1.29 is 41.9 Å². The van der Waals surface area contributed by atoms with Gasteiger partial charge in [-0.2, -0.15) is 10.2 Å². The van der Waals surface area contributed by atoms with Gasteiger partial charge in [-0.25, -0.2) is 13.6 Å². The molecule has 0 aromatic heterocycles. The van der Waals surface area contributed by atoms with Gasteiger partial charge < -0.3 is 29.2 Å². The predicted octanol–water partition coefficient (Wildman–Crippen LogP) is 5.58. The van der Waals surface area contributed by atoms with E-state index in [0.29, 0.717) is 5.69 Å². The number of nitrogens with two attached hydrogens (primary N) is 1. The van der Waals surface area contributed by atoms with Crippen LogP contribution < -0.4 is 10.5 Å². The van der Waals surface area contributed by atoms with E-state index in [9.17, 15) is 41.9 Å². The first-order valence-corrected chi connectivity index (χ1v) is 15.1. The molecule has 4 rings (SSSR count). The number of sulfonamides is 1. The molecule has 1 amide bonds. The minimum atomic E-state index is -4.49. The van der Waals surface area contributed by atoms with E-state index < -0.39 is 71.3 Å².